The summed E-state index contributed by atoms with van der Waals surface area (Å²) in [4.78, 5) is 23.3. The smallest absolute Gasteiger partial charge is 0.251 e. The van der Waals surface area contributed by atoms with Crippen molar-refractivity contribution in [3.63, 3.8) is 0 Å². The number of carbonyl (C=O) groups is 1. The number of rotatable bonds is 5. The molecule has 1 aliphatic carbocycles. The number of morpholine rings is 1. The zero-order valence-corrected chi connectivity index (χ0v) is 21.5. The van der Waals surface area contributed by atoms with Crippen LogP contribution in [0.25, 0.3) is 22.2 Å². The molecule has 2 aromatic carbocycles. The lowest BCUT2D eigenvalue weighted by molar-refractivity contribution is -0.157. The molecule has 2 aromatic heterocycles. The molecule has 0 bridgehead atoms. The average Bonchev–Trinajstić information content (AvgIpc) is 3.32. The summed E-state index contributed by atoms with van der Waals surface area (Å²) in [6.07, 6.45) is 7.15. The Balaban J connectivity index is 1.25. The van der Waals surface area contributed by atoms with Crippen molar-refractivity contribution in [1.29, 1.82) is 0 Å². The second kappa shape index (κ2) is 10.1. The summed E-state index contributed by atoms with van der Waals surface area (Å²) in [5.41, 5.74) is 2.87. The summed E-state index contributed by atoms with van der Waals surface area (Å²) in [5.74, 6) is 1.93. The maximum Gasteiger partial charge on any atom is 0.251 e. The molecule has 1 atom stereocenters. The lowest BCUT2D eigenvalue weighted by Crippen LogP contribution is -2.49. The van der Waals surface area contributed by atoms with Gasteiger partial charge in [0.15, 0.2) is 0 Å². The Morgan fingerprint density at radius 1 is 0.973 bits per heavy atom. The summed E-state index contributed by atoms with van der Waals surface area (Å²) in [6, 6.07) is 18.0. The van der Waals surface area contributed by atoms with Crippen LogP contribution in [0.4, 0.5) is 0 Å². The van der Waals surface area contributed by atoms with Crippen molar-refractivity contribution in [2.24, 2.45) is 5.92 Å². The third-order valence-corrected chi connectivity index (χ3v) is 7.90. The highest BCUT2D eigenvalue weighted by molar-refractivity contribution is 6.35. The van der Waals surface area contributed by atoms with Gasteiger partial charge in [0.1, 0.15) is 34.7 Å². The number of amides is 1. The van der Waals surface area contributed by atoms with Gasteiger partial charge < -0.3 is 18.9 Å². The van der Waals surface area contributed by atoms with E-state index in [1.54, 1.807) is 4.90 Å². The van der Waals surface area contributed by atoms with Crippen molar-refractivity contribution in [3.8, 4) is 22.6 Å². The monoisotopic (exact) mass is 516 g/mol. The Morgan fingerprint density at radius 2 is 1.70 bits per heavy atom. The Morgan fingerprint density at radius 3 is 2.46 bits per heavy atom. The second-order valence-corrected chi connectivity index (χ2v) is 10.2. The van der Waals surface area contributed by atoms with Gasteiger partial charge in [0.25, 0.3) is 5.91 Å². The predicted octanol–water partition coefficient (Wildman–Crippen LogP) is 6.13. The Bertz CT molecular complexity index is 1400. The molecule has 2 fully saturated rings. The van der Waals surface area contributed by atoms with Crippen molar-refractivity contribution in [2.75, 3.05) is 20.2 Å². The topological polar surface area (TPSA) is 69.5 Å². The number of fused-ring (bicyclic) bond motifs is 1. The molecule has 6 rings (SSSR count). The summed E-state index contributed by atoms with van der Waals surface area (Å²) >= 11 is 6.61. The summed E-state index contributed by atoms with van der Waals surface area (Å²) < 4.78 is 14.1. The highest BCUT2D eigenvalue weighted by Gasteiger charge is 2.37. The molecule has 1 saturated carbocycles. The number of carbonyl (C=O) groups excluding carboxylic acids is 1. The van der Waals surface area contributed by atoms with E-state index in [1.165, 1.54) is 6.33 Å². The van der Waals surface area contributed by atoms with Gasteiger partial charge in [-0.05, 0) is 61.4 Å². The molecule has 37 heavy (non-hydrogen) atoms. The maximum atomic E-state index is 12.6. The van der Waals surface area contributed by atoms with Crippen molar-refractivity contribution >= 4 is 28.5 Å². The number of halogens is 1. The third-order valence-electron chi connectivity index (χ3n) is 7.61. The molecule has 0 radical (unpaired) electrons. The van der Waals surface area contributed by atoms with Gasteiger partial charge in [-0.3, -0.25) is 4.79 Å². The first-order valence-electron chi connectivity index (χ1n) is 12.8. The van der Waals surface area contributed by atoms with Crippen molar-refractivity contribution < 1.29 is 14.3 Å². The van der Waals surface area contributed by atoms with Gasteiger partial charge in [-0.2, -0.15) is 0 Å². The minimum Gasteiger partial charge on any atom is -0.457 e. The number of hydrogen-bond donors (Lipinski definition) is 0. The fourth-order valence-corrected chi connectivity index (χ4v) is 5.84. The lowest BCUT2D eigenvalue weighted by atomic mass is 9.81. The van der Waals surface area contributed by atoms with Crippen LogP contribution in [-0.4, -0.2) is 51.6 Å². The molecule has 7 nitrogen and oxygen atoms in total. The van der Waals surface area contributed by atoms with E-state index in [4.69, 9.17) is 21.1 Å². The van der Waals surface area contributed by atoms with Gasteiger partial charge >= 0.3 is 0 Å². The van der Waals surface area contributed by atoms with Crippen LogP contribution < -0.4 is 4.74 Å². The van der Waals surface area contributed by atoms with E-state index in [-0.39, 0.29) is 24.0 Å². The minimum absolute atomic E-state index is 0.114. The van der Waals surface area contributed by atoms with E-state index in [9.17, 15) is 4.79 Å². The molecule has 0 spiro atoms. The first-order chi connectivity index (χ1) is 18.1. The first kappa shape index (κ1) is 23.9. The summed E-state index contributed by atoms with van der Waals surface area (Å²) in [6.45, 7) is 1.28. The maximum absolute atomic E-state index is 12.6. The molecule has 1 aliphatic heterocycles. The molecule has 1 saturated heterocycles. The van der Waals surface area contributed by atoms with Gasteiger partial charge in [0.05, 0.1) is 12.0 Å². The average molecular weight is 517 g/mol. The molecule has 1 amide bonds. The highest BCUT2D eigenvalue weighted by atomic mass is 35.5. The molecule has 1 unspecified atom stereocenters. The van der Waals surface area contributed by atoms with E-state index >= 15 is 0 Å². The zero-order valence-electron chi connectivity index (χ0n) is 20.7. The van der Waals surface area contributed by atoms with E-state index in [1.807, 2.05) is 61.6 Å². The van der Waals surface area contributed by atoms with Crippen LogP contribution >= 0.6 is 11.6 Å². The first-order valence-corrected chi connectivity index (χ1v) is 13.2. The van der Waals surface area contributed by atoms with Crippen molar-refractivity contribution in [3.05, 3.63) is 72.3 Å². The van der Waals surface area contributed by atoms with E-state index in [0.29, 0.717) is 18.3 Å². The molecule has 2 aliphatic rings. The molecule has 4 aromatic rings. The van der Waals surface area contributed by atoms with E-state index in [0.717, 1.165) is 59.3 Å². The Hall–Kier alpha value is -3.42. The van der Waals surface area contributed by atoms with Crippen LogP contribution in [0.15, 0.2) is 67.1 Å². The zero-order chi connectivity index (χ0) is 25.4. The Labute approximate surface area is 221 Å². The molecule has 0 N–H and O–H groups in total. The SMILES string of the molecule is CN1CCOC(C2CCC(n3cc(-c4ccc(Oc5ccccc5)cc4)c4c(Cl)ncnc43)CC2)C1=O. The molecule has 8 heteroatoms. The number of nitrogens with zero attached hydrogens (tertiary/aromatic N) is 4. The molecule has 3 heterocycles. The van der Waals surface area contributed by atoms with Crippen LogP contribution in [0, 0.1) is 5.92 Å². The number of likely N-dealkylation sites (N-methyl/N-ethyl adjacent to an activating group) is 1. The van der Waals surface area contributed by atoms with Crippen LogP contribution in [0.2, 0.25) is 5.15 Å². The van der Waals surface area contributed by atoms with E-state index < -0.39 is 0 Å². The Kier molecular flexibility index (Phi) is 6.57. The number of aromatic nitrogens is 3. The number of hydrogen-bond acceptors (Lipinski definition) is 5. The minimum atomic E-state index is -0.315. The lowest BCUT2D eigenvalue weighted by Gasteiger charge is -2.38. The van der Waals surface area contributed by atoms with Crippen LogP contribution in [0.5, 0.6) is 11.5 Å². The summed E-state index contributed by atoms with van der Waals surface area (Å²) in [5, 5.41) is 1.30. The van der Waals surface area contributed by atoms with Crippen LogP contribution in [0.3, 0.4) is 0 Å². The second-order valence-electron chi connectivity index (χ2n) is 9.87. The van der Waals surface area contributed by atoms with Crippen molar-refractivity contribution in [2.45, 2.75) is 37.8 Å². The highest BCUT2D eigenvalue weighted by Crippen LogP contribution is 2.41. The summed E-state index contributed by atoms with van der Waals surface area (Å²) in [7, 11) is 1.86. The van der Waals surface area contributed by atoms with Gasteiger partial charge in [0, 0.05) is 31.4 Å². The van der Waals surface area contributed by atoms with Gasteiger partial charge in [-0.15, -0.1) is 0 Å². The number of ether oxygens (including phenoxy) is 2. The van der Waals surface area contributed by atoms with E-state index in [2.05, 4.69) is 20.7 Å². The quantitative estimate of drug-likeness (QED) is 0.298. The van der Waals surface area contributed by atoms with Crippen molar-refractivity contribution in [1.82, 2.24) is 19.4 Å². The fraction of sp³-hybridized carbons (Fsp3) is 0.345. The molecule has 190 valence electrons. The predicted molar refractivity (Wildman–Crippen MR) is 143 cm³/mol. The van der Waals surface area contributed by atoms with Gasteiger partial charge in [-0.1, -0.05) is 41.9 Å². The molecular weight excluding hydrogens is 488 g/mol. The normalized spacial score (nSPS) is 22.4. The van der Waals surface area contributed by atoms with Gasteiger partial charge in [0.2, 0.25) is 0 Å². The van der Waals surface area contributed by atoms with Crippen LogP contribution in [-0.2, 0) is 9.53 Å². The third kappa shape index (κ3) is 4.69. The van der Waals surface area contributed by atoms with Gasteiger partial charge in [-0.25, -0.2) is 9.97 Å². The number of para-hydroxylation sites is 1. The van der Waals surface area contributed by atoms with Crippen LogP contribution in [0.1, 0.15) is 31.7 Å². The standard InChI is InChI=1S/C29H29ClN4O3/c1-33-15-16-36-26(29(33)35)20-7-11-21(12-8-20)34-17-24(25-27(30)31-18-32-28(25)34)19-9-13-23(14-10-19)37-22-5-3-2-4-6-22/h2-6,9-10,13-14,17-18,20-21,26H,7-8,11-12,15-16H2,1H3. The molecular formula is C29H29ClN4O3. The number of benzene rings is 2. The fourth-order valence-electron chi connectivity index (χ4n) is 5.61. The largest absolute Gasteiger partial charge is 0.457 e.